The molecule has 0 bridgehead atoms. The van der Waals surface area contributed by atoms with Crippen LogP contribution >= 0.6 is 11.6 Å². The van der Waals surface area contributed by atoms with Gasteiger partial charge in [0.25, 0.3) is 0 Å². The summed E-state index contributed by atoms with van der Waals surface area (Å²) in [4.78, 5) is 25.0. The van der Waals surface area contributed by atoms with Gasteiger partial charge in [-0.15, -0.1) is 0 Å². The van der Waals surface area contributed by atoms with Gasteiger partial charge in [0, 0.05) is 42.7 Å². The first kappa shape index (κ1) is 31.3. The predicted molar refractivity (Wildman–Crippen MR) is 151 cm³/mol. The van der Waals surface area contributed by atoms with Crippen LogP contribution in [0.5, 0.6) is 6.01 Å². The molecule has 3 atom stereocenters. The minimum absolute atomic E-state index is 0.0118. The van der Waals surface area contributed by atoms with E-state index in [0.717, 1.165) is 30.9 Å². The van der Waals surface area contributed by atoms with Gasteiger partial charge in [0.15, 0.2) is 0 Å². The van der Waals surface area contributed by atoms with Crippen LogP contribution < -0.4 is 15.4 Å². The Kier molecular flexibility index (Phi) is 9.33. The molecule has 6 rings (SSSR count). The minimum Gasteiger partial charge on any atom is -0.467 e. The molecular weight excluding hydrogens is 594 g/mol. The number of cyclic esters (lactones) is 1. The smallest absolute Gasteiger partial charge is 0.418 e. The zero-order chi connectivity index (χ0) is 30.9. The Labute approximate surface area is 251 Å². The molecule has 3 fully saturated rings. The van der Waals surface area contributed by atoms with Crippen LogP contribution in [0.3, 0.4) is 0 Å². The number of halogens is 5. The van der Waals surface area contributed by atoms with Crippen LogP contribution in [0.15, 0.2) is 24.0 Å². The number of benzene rings is 1. The summed E-state index contributed by atoms with van der Waals surface area (Å²) in [5, 5.41) is -0.495. The van der Waals surface area contributed by atoms with Gasteiger partial charge >= 0.3 is 18.2 Å². The van der Waals surface area contributed by atoms with E-state index < -0.39 is 28.8 Å². The van der Waals surface area contributed by atoms with Crippen molar-refractivity contribution in [3.05, 3.63) is 51.4 Å². The predicted octanol–water partition coefficient (Wildman–Crippen LogP) is 5.26. The van der Waals surface area contributed by atoms with E-state index in [2.05, 4.69) is 14.9 Å². The number of aromatic nitrogens is 2. The molecule has 0 amide bonds. The van der Waals surface area contributed by atoms with Crippen LogP contribution in [0, 0.1) is 5.92 Å². The van der Waals surface area contributed by atoms with Crippen molar-refractivity contribution in [1.82, 2.24) is 14.9 Å². The fourth-order valence-electron chi connectivity index (χ4n) is 6.12. The van der Waals surface area contributed by atoms with E-state index in [1.807, 2.05) is 6.92 Å². The first-order valence-electron chi connectivity index (χ1n) is 14.1. The van der Waals surface area contributed by atoms with Gasteiger partial charge in [-0.1, -0.05) is 18.5 Å². The molecule has 4 aliphatic heterocycles. The molecule has 234 valence electrons. The second kappa shape index (κ2) is 12.8. The monoisotopic (exact) mass is 627 g/mol. The topological polar surface area (TPSA) is 103 Å². The van der Waals surface area contributed by atoms with Gasteiger partial charge in [-0.3, -0.25) is 9.69 Å². The average Bonchev–Trinajstić information content (AvgIpc) is 3.51. The van der Waals surface area contributed by atoms with Gasteiger partial charge in [0.05, 0.1) is 49.0 Å². The van der Waals surface area contributed by atoms with E-state index >= 15 is 0 Å². The number of carbonyl (C=O) groups is 1. The van der Waals surface area contributed by atoms with Crippen LogP contribution in [-0.2, 0) is 33.5 Å². The molecule has 0 aliphatic carbocycles. The summed E-state index contributed by atoms with van der Waals surface area (Å²) in [5.41, 5.74) is 6.75. The lowest BCUT2D eigenvalue weighted by Gasteiger charge is -2.31. The maximum Gasteiger partial charge on any atom is 0.418 e. The molecule has 3 saturated heterocycles. The number of esters is 1. The lowest BCUT2D eigenvalue weighted by Crippen LogP contribution is -2.34. The number of alkyl halides is 3. The van der Waals surface area contributed by atoms with E-state index in [1.165, 1.54) is 32.6 Å². The van der Waals surface area contributed by atoms with E-state index in [1.54, 1.807) is 4.90 Å². The second-order valence-corrected chi connectivity index (χ2v) is 11.7. The number of nitrogens with two attached hydrogens (primary N) is 1. The summed E-state index contributed by atoms with van der Waals surface area (Å²) in [5.74, 6) is 0.0845. The standard InChI is InChI=1S/C21H22ClF3N4O4.C8H12FN/c1-10-6-29(7-17(30)33-8-10)19-13-9-32-16(5-15(13)27-20(28-19)31-2)12-3-11(26)4-14(22)18(12)21(23,24)25;9-5-7-4-8-2-1-3-10(8)6-7/h3-4,10,16H,5-9,26H2,1-2H3;5,8H,1-4,6H2/b;7-5-. The molecule has 0 radical (unpaired) electrons. The zero-order valence-electron chi connectivity index (χ0n) is 23.9. The van der Waals surface area contributed by atoms with Crippen molar-refractivity contribution >= 4 is 29.1 Å². The molecule has 0 spiro atoms. The lowest BCUT2D eigenvalue weighted by molar-refractivity contribution is -0.142. The van der Waals surface area contributed by atoms with Crippen molar-refractivity contribution in [2.75, 3.05) is 50.5 Å². The first-order chi connectivity index (χ1) is 20.5. The maximum atomic E-state index is 13.8. The summed E-state index contributed by atoms with van der Waals surface area (Å²) < 4.78 is 69.5. The highest BCUT2D eigenvalue weighted by Gasteiger charge is 2.40. The number of nitrogen functional groups attached to an aromatic ring is 1. The number of anilines is 2. The maximum absolute atomic E-state index is 13.8. The van der Waals surface area contributed by atoms with Crippen LogP contribution in [0.4, 0.5) is 29.1 Å². The Morgan fingerprint density at radius 3 is 2.70 bits per heavy atom. The van der Waals surface area contributed by atoms with E-state index in [0.29, 0.717) is 29.7 Å². The number of methoxy groups -OCH3 is 1. The second-order valence-electron chi connectivity index (χ2n) is 11.3. The van der Waals surface area contributed by atoms with Crippen LogP contribution in [0.1, 0.15) is 54.7 Å². The average molecular weight is 628 g/mol. The highest BCUT2D eigenvalue weighted by Crippen LogP contribution is 2.44. The molecule has 0 saturated carbocycles. The Morgan fingerprint density at radius 2 is 2.00 bits per heavy atom. The van der Waals surface area contributed by atoms with Gasteiger partial charge in [0.1, 0.15) is 12.4 Å². The Balaban J connectivity index is 0.000000308. The molecule has 1 aromatic carbocycles. The van der Waals surface area contributed by atoms with E-state index in [-0.39, 0.29) is 49.4 Å². The largest absolute Gasteiger partial charge is 0.467 e. The number of carbonyl (C=O) groups excluding carboxylic acids is 1. The Morgan fingerprint density at radius 1 is 1.21 bits per heavy atom. The zero-order valence-corrected chi connectivity index (χ0v) is 24.7. The summed E-state index contributed by atoms with van der Waals surface area (Å²) >= 11 is 5.90. The van der Waals surface area contributed by atoms with Gasteiger partial charge in [0.2, 0.25) is 0 Å². The quantitative estimate of drug-likeness (QED) is 0.277. The Hall–Kier alpha value is -3.16. The molecule has 4 aliphatic rings. The first-order valence-corrected chi connectivity index (χ1v) is 14.5. The van der Waals surface area contributed by atoms with Gasteiger partial charge in [-0.25, -0.2) is 4.39 Å². The van der Waals surface area contributed by atoms with E-state index in [4.69, 9.17) is 31.5 Å². The third-order valence-electron chi connectivity index (χ3n) is 8.05. The van der Waals surface area contributed by atoms with Crippen molar-refractivity contribution in [2.24, 2.45) is 5.92 Å². The van der Waals surface area contributed by atoms with Crippen molar-refractivity contribution in [2.45, 2.75) is 57.5 Å². The SMILES string of the molecule is COc1nc2c(c(N3CC(=O)OCC(C)C3)n1)COC(c1cc(N)cc(Cl)c1C(F)(F)F)C2.F/C=C1/CC2CCCN2C1. The molecule has 2 aromatic rings. The fraction of sp³-hybridized carbons (Fsp3) is 0.552. The van der Waals surface area contributed by atoms with Gasteiger partial charge in [-0.2, -0.15) is 23.1 Å². The van der Waals surface area contributed by atoms with Crippen LogP contribution in [-0.4, -0.2) is 66.8 Å². The summed E-state index contributed by atoms with van der Waals surface area (Å²) in [7, 11) is 1.39. The van der Waals surface area contributed by atoms with E-state index in [9.17, 15) is 22.4 Å². The summed E-state index contributed by atoms with van der Waals surface area (Å²) in [6.45, 7) is 4.69. The van der Waals surface area contributed by atoms with Crippen LogP contribution in [0.25, 0.3) is 0 Å². The molecule has 14 heteroatoms. The van der Waals surface area contributed by atoms with Crippen molar-refractivity contribution in [1.29, 1.82) is 0 Å². The van der Waals surface area contributed by atoms with Crippen molar-refractivity contribution in [3.63, 3.8) is 0 Å². The molecule has 1 aromatic heterocycles. The number of hydrogen-bond donors (Lipinski definition) is 1. The highest BCUT2D eigenvalue weighted by atomic mass is 35.5. The highest BCUT2D eigenvalue weighted by molar-refractivity contribution is 6.31. The number of fused-ring (bicyclic) bond motifs is 2. The number of rotatable bonds is 3. The molecule has 9 nitrogen and oxygen atoms in total. The van der Waals surface area contributed by atoms with Gasteiger partial charge in [-0.05, 0) is 49.1 Å². The molecule has 5 heterocycles. The summed E-state index contributed by atoms with van der Waals surface area (Å²) in [6, 6.07) is 3.00. The fourth-order valence-corrected chi connectivity index (χ4v) is 6.46. The molecule has 43 heavy (non-hydrogen) atoms. The molecule has 3 unspecified atom stereocenters. The van der Waals surface area contributed by atoms with Crippen molar-refractivity contribution < 1.29 is 36.6 Å². The molecule has 2 N–H and O–H groups in total. The summed E-state index contributed by atoms with van der Waals surface area (Å²) in [6.07, 6.45) is -1.31. The number of nitrogens with zero attached hydrogens (tertiary/aromatic N) is 4. The number of ether oxygens (including phenoxy) is 3. The third kappa shape index (κ3) is 6.99. The normalized spacial score (nSPS) is 25.0. The van der Waals surface area contributed by atoms with Gasteiger partial charge < -0.3 is 24.8 Å². The number of hydrogen-bond acceptors (Lipinski definition) is 9. The Bertz CT molecular complexity index is 1380. The van der Waals surface area contributed by atoms with Crippen LogP contribution in [0.2, 0.25) is 5.02 Å². The minimum atomic E-state index is -4.69. The lowest BCUT2D eigenvalue weighted by atomic mass is 9.94. The molecular formula is C29H34ClF4N5O4. The third-order valence-corrected chi connectivity index (χ3v) is 8.35. The van der Waals surface area contributed by atoms with Crippen molar-refractivity contribution in [3.8, 4) is 6.01 Å².